The van der Waals surface area contributed by atoms with Gasteiger partial charge in [0, 0.05) is 61.8 Å². The van der Waals surface area contributed by atoms with Crippen LogP contribution in [-0.4, -0.2) is 112 Å². The summed E-state index contributed by atoms with van der Waals surface area (Å²) in [4.78, 5) is 79.4. The number of carbonyl (C=O) groups excluding carboxylic acids is 5. The highest BCUT2D eigenvalue weighted by atomic mass is 32.2. The normalized spacial score (nSPS) is 25.6. The lowest BCUT2D eigenvalue weighted by atomic mass is 9.79. The second-order valence-electron chi connectivity index (χ2n) is 11.2. The van der Waals surface area contributed by atoms with E-state index in [1.165, 1.54) is 40.6 Å². The lowest BCUT2D eigenvalue weighted by Gasteiger charge is -2.46. The van der Waals surface area contributed by atoms with Crippen LogP contribution in [0.15, 0.2) is 34.9 Å². The third kappa shape index (κ3) is 6.43. The van der Waals surface area contributed by atoms with Gasteiger partial charge in [0.1, 0.15) is 5.70 Å². The predicted molar refractivity (Wildman–Crippen MR) is 154 cm³/mol. The van der Waals surface area contributed by atoms with Crippen LogP contribution in [0.4, 0.5) is 5.69 Å². The molecule has 6 atom stereocenters. The number of aliphatic hydroxyl groups excluding tert-OH is 1. The van der Waals surface area contributed by atoms with Crippen LogP contribution >= 0.6 is 11.8 Å². The number of nitrogens with one attached hydrogen (secondary N) is 1. The van der Waals surface area contributed by atoms with Crippen LogP contribution in [0.1, 0.15) is 37.0 Å². The molecule has 1 aromatic carbocycles. The minimum absolute atomic E-state index is 0.0718. The summed E-state index contributed by atoms with van der Waals surface area (Å²) in [5, 5.41) is 23.8. The number of fused-ring (bicyclic) bond motifs is 1. The first-order valence-electron chi connectivity index (χ1n) is 13.8. The molecule has 4 rings (SSSR count). The zero-order valence-corrected chi connectivity index (χ0v) is 25.3. The number of β-lactam (4-membered cyclic amide) rings is 1. The molecule has 1 aromatic rings. The van der Waals surface area contributed by atoms with Crippen molar-refractivity contribution in [1.82, 2.24) is 20.0 Å². The molecule has 0 radical (unpaired) electrons. The first-order chi connectivity index (χ1) is 20.2. The lowest BCUT2D eigenvalue weighted by Crippen LogP contribution is -2.63. The molecule has 0 bridgehead atoms. The maximum atomic E-state index is 13.4. The van der Waals surface area contributed by atoms with E-state index in [1.807, 2.05) is 11.8 Å². The summed E-state index contributed by atoms with van der Waals surface area (Å²) < 4.78 is 5.14. The van der Waals surface area contributed by atoms with Crippen LogP contribution in [-0.2, 0) is 23.9 Å². The first-order valence-corrected chi connectivity index (χ1v) is 14.7. The average molecular weight is 618 g/mol. The minimum Gasteiger partial charge on any atom is -0.393 e. The Hall–Kier alpha value is -3.82. The molecule has 2 saturated heterocycles. The number of carbonyl (C=O) groups is 5. The molecule has 43 heavy (non-hydrogen) atoms. The number of rotatable bonds is 10. The van der Waals surface area contributed by atoms with Crippen LogP contribution in [0.2, 0.25) is 0 Å². The van der Waals surface area contributed by atoms with E-state index in [0.717, 1.165) is 12.1 Å². The lowest BCUT2D eigenvalue weighted by molar-refractivity contribution is -0.384. The number of nitro groups is 1. The van der Waals surface area contributed by atoms with Gasteiger partial charge in [-0.3, -0.25) is 29.4 Å². The van der Waals surface area contributed by atoms with Crippen LogP contribution in [0.5, 0.6) is 0 Å². The third-order valence-corrected chi connectivity index (χ3v) is 9.54. The molecule has 0 saturated carbocycles. The molecule has 3 aliphatic rings. The SMILES string of the molecule is C[C@@H](O)[C@H]1C(=O)N2C(C(=O)OC(=O)c3ccc([N+](=O)[O-])cc3)=C(S[C@H]3C[C@@H](C(=O)NCCC(=O)N(C)C)N(C)C3)[C@H](C)[C@H]12. The highest BCUT2D eigenvalue weighted by Gasteiger charge is 2.60. The van der Waals surface area contributed by atoms with Gasteiger partial charge in [-0.05, 0) is 32.5 Å². The molecular weight excluding hydrogens is 582 g/mol. The molecule has 0 spiro atoms. The van der Waals surface area contributed by atoms with Crippen molar-refractivity contribution in [3.05, 3.63) is 50.5 Å². The Morgan fingerprint density at radius 3 is 2.44 bits per heavy atom. The summed E-state index contributed by atoms with van der Waals surface area (Å²) in [6, 6.07) is 3.61. The number of thioether (sulfide) groups is 1. The average Bonchev–Trinajstić information content (AvgIpc) is 3.42. The van der Waals surface area contributed by atoms with E-state index in [-0.39, 0.29) is 52.9 Å². The zero-order valence-electron chi connectivity index (χ0n) is 24.5. The van der Waals surface area contributed by atoms with Crippen LogP contribution in [0.3, 0.4) is 0 Å². The molecule has 3 amide bonds. The van der Waals surface area contributed by atoms with Gasteiger partial charge < -0.3 is 25.0 Å². The molecular formula is C28H35N5O9S. The number of nitrogens with zero attached hydrogens (tertiary/aromatic N) is 4. The van der Waals surface area contributed by atoms with Crippen LogP contribution in [0.25, 0.3) is 0 Å². The van der Waals surface area contributed by atoms with Gasteiger partial charge in [-0.25, -0.2) is 9.59 Å². The number of esters is 2. The fourth-order valence-corrected chi connectivity index (χ4v) is 7.33. The molecule has 2 N–H and O–H groups in total. The van der Waals surface area contributed by atoms with Crippen molar-refractivity contribution in [2.24, 2.45) is 11.8 Å². The van der Waals surface area contributed by atoms with Gasteiger partial charge in [-0.1, -0.05) is 6.92 Å². The smallest absolute Gasteiger partial charge is 0.363 e. The summed E-state index contributed by atoms with van der Waals surface area (Å²) in [5.74, 6) is -3.92. The standard InChI is InChI=1S/C28H35N5O9S/c1-14-22-21(15(2)34)26(37)32(22)23(28(39)42-27(38)16-6-8-17(9-7-16)33(40)41)24(14)43-18-12-19(31(5)13-18)25(36)29-11-10-20(35)30(3)4/h6-9,14-15,18-19,21-22,34H,10-13H2,1-5H3,(H,29,36)/t14-,15-,18+,19+,21-,22-/m1/s1. The van der Waals surface area contributed by atoms with E-state index in [4.69, 9.17) is 4.74 Å². The second kappa shape index (κ2) is 12.8. The number of ether oxygens (including phenoxy) is 1. The monoisotopic (exact) mass is 617 g/mol. The largest absolute Gasteiger partial charge is 0.393 e. The Kier molecular flexibility index (Phi) is 9.57. The number of amides is 3. The van der Waals surface area contributed by atoms with Gasteiger partial charge in [0.15, 0.2) is 0 Å². The van der Waals surface area contributed by atoms with Gasteiger partial charge in [-0.2, -0.15) is 0 Å². The van der Waals surface area contributed by atoms with Crippen molar-refractivity contribution in [3.8, 4) is 0 Å². The van der Waals surface area contributed by atoms with Crippen molar-refractivity contribution in [2.45, 2.75) is 50.1 Å². The molecule has 3 heterocycles. The Bertz CT molecular complexity index is 1360. The van der Waals surface area contributed by atoms with Crippen molar-refractivity contribution in [3.63, 3.8) is 0 Å². The number of aliphatic hydroxyl groups is 1. The summed E-state index contributed by atoms with van der Waals surface area (Å²) >= 11 is 1.34. The minimum atomic E-state index is -1.04. The second-order valence-corrected chi connectivity index (χ2v) is 12.6. The first kappa shape index (κ1) is 32.1. The number of non-ortho nitro benzene ring substituents is 1. The number of nitro benzene ring substituents is 1. The molecule has 2 fully saturated rings. The van der Waals surface area contributed by atoms with Gasteiger partial charge in [0.2, 0.25) is 17.7 Å². The Morgan fingerprint density at radius 2 is 1.86 bits per heavy atom. The van der Waals surface area contributed by atoms with E-state index in [9.17, 15) is 39.2 Å². The summed E-state index contributed by atoms with van der Waals surface area (Å²) in [6.07, 6.45) is -0.338. The van der Waals surface area contributed by atoms with Crippen molar-refractivity contribution in [1.29, 1.82) is 0 Å². The number of likely N-dealkylation sites (N-methyl/N-ethyl adjacent to an activating group) is 1. The Labute approximate surface area is 252 Å². The third-order valence-electron chi connectivity index (χ3n) is 8.04. The van der Waals surface area contributed by atoms with Crippen molar-refractivity contribution in [2.75, 3.05) is 34.2 Å². The quantitative estimate of drug-likeness (QED) is 0.124. The number of hydrogen-bond acceptors (Lipinski definition) is 11. The van der Waals surface area contributed by atoms with Gasteiger partial charge in [0.25, 0.3) is 5.69 Å². The van der Waals surface area contributed by atoms with E-state index in [0.29, 0.717) is 17.9 Å². The van der Waals surface area contributed by atoms with Crippen molar-refractivity contribution < 1.29 is 38.7 Å². The van der Waals surface area contributed by atoms with Crippen LogP contribution in [0, 0.1) is 22.0 Å². The number of hydrogen-bond donors (Lipinski definition) is 2. The maximum Gasteiger partial charge on any atom is 0.363 e. The van der Waals surface area contributed by atoms with E-state index >= 15 is 0 Å². The summed E-state index contributed by atoms with van der Waals surface area (Å²) in [6.45, 7) is 4.05. The molecule has 0 unspecified atom stereocenters. The number of benzene rings is 1. The van der Waals surface area contributed by atoms with E-state index < -0.39 is 46.9 Å². The Morgan fingerprint density at radius 1 is 1.21 bits per heavy atom. The molecule has 232 valence electrons. The highest BCUT2D eigenvalue weighted by molar-refractivity contribution is 8.03. The van der Waals surface area contributed by atoms with E-state index in [2.05, 4.69) is 5.32 Å². The maximum absolute atomic E-state index is 13.4. The molecule has 0 aliphatic carbocycles. The zero-order chi connectivity index (χ0) is 31.7. The predicted octanol–water partition coefficient (Wildman–Crippen LogP) is 0.748. The molecule has 3 aliphatic heterocycles. The molecule has 0 aromatic heterocycles. The molecule has 15 heteroatoms. The topological polar surface area (TPSA) is 180 Å². The fourth-order valence-electron chi connectivity index (χ4n) is 5.74. The van der Waals surface area contributed by atoms with E-state index in [1.54, 1.807) is 21.1 Å². The summed E-state index contributed by atoms with van der Waals surface area (Å²) in [5.41, 5.74) is -0.383. The highest BCUT2D eigenvalue weighted by Crippen LogP contribution is 2.52. The van der Waals surface area contributed by atoms with Gasteiger partial charge in [-0.15, -0.1) is 11.8 Å². The van der Waals surface area contributed by atoms with Gasteiger partial charge in [0.05, 0.1) is 34.6 Å². The fraction of sp³-hybridized carbons (Fsp3) is 0.536. The molecule has 14 nitrogen and oxygen atoms in total. The number of likely N-dealkylation sites (tertiary alicyclic amines) is 1. The Balaban J connectivity index is 1.51. The summed E-state index contributed by atoms with van der Waals surface area (Å²) in [7, 11) is 5.09. The van der Waals surface area contributed by atoms with Crippen LogP contribution < -0.4 is 5.32 Å². The van der Waals surface area contributed by atoms with Gasteiger partial charge >= 0.3 is 11.9 Å². The van der Waals surface area contributed by atoms with Crippen molar-refractivity contribution >= 4 is 47.1 Å².